The predicted octanol–water partition coefficient (Wildman–Crippen LogP) is 5.56. The number of pyridine rings is 1. The average Bonchev–Trinajstić information content (AvgIpc) is 3.37. The zero-order valence-electron chi connectivity index (χ0n) is 22.8. The highest BCUT2D eigenvalue weighted by molar-refractivity contribution is 6.30. The van der Waals surface area contributed by atoms with Gasteiger partial charge in [0.15, 0.2) is 5.65 Å². The molecule has 1 aliphatic rings. The SMILES string of the molecule is COc1n[nH]c2ncc(-c3ccccc3)c(N3CCN(C(=O)[C@H](CNC(C)C)c4ccc(Cl)cc4)CC3)c12.Cl.Cl. The largest absolute Gasteiger partial charge is 0.479 e. The summed E-state index contributed by atoms with van der Waals surface area (Å²) in [6.07, 6.45) is 1.89. The molecule has 3 heterocycles. The van der Waals surface area contributed by atoms with Gasteiger partial charge in [0, 0.05) is 55.5 Å². The minimum atomic E-state index is -0.275. The van der Waals surface area contributed by atoms with Crippen LogP contribution in [0.3, 0.4) is 0 Å². The van der Waals surface area contributed by atoms with Gasteiger partial charge in [0.1, 0.15) is 5.39 Å². The standard InChI is InChI=1S/C29H33ClN6O2.2ClH/c1-19(2)31-18-24(21-9-11-22(30)12-10-21)29(37)36-15-13-35(14-16-36)26-23(20-7-5-4-6-8-20)17-32-27-25(26)28(38-3)34-33-27;;/h4-12,17,19,24,31H,13-16,18H2,1-3H3,(H,32,33,34);2*1H/t24-;;/m1../s1. The van der Waals surface area contributed by atoms with Crippen LogP contribution in [-0.2, 0) is 4.79 Å². The Morgan fingerprint density at radius 3 is 2.35 bits per heavy atom. The average molecular weight is 606 g/mol. The molecule has 2 N–H and O–H groups in total. The lowest BCUT2D eigenvalue weighted by atomic mass is 9.96. The molecular weight excluding hydrogens is 571 g/mol. The van der Waals surface area contributed by atoms with Gasteiger partial charge in [-0.2, -0.15) is 0 Å². The molecular formula is C29H35Cl3N6O2. The summed E-state index contributed by atoms with van der Waals surface area (Å²) in [6, 6.07) is 18.1. The van der Waals surface area contributed by atoms with Crippen LogP contribution in [0.1, 0.15) is 25.3 Å². The Kier molecular flexibility index (Phi) is 11.0. The molecule has 5 rings (SSSR count). The summed E-state index contributed by atoms with van der Waals surface area (Å²) in [7, 11) is 1.62. The van der Waals surface area contributed by atoms with Gasteiger partial charge < -0.3 is 19.9 Å². The van der Waals surface area contributed by atoms with E-state index < -0.39 is 0 Å². The molecule has 4 aromatic rings. The molecule has 0 spiro atoms. The van der Waals surface area contributed by atoms with Gasteiger partial charge in [-0.15, -0.1) is 29.9 Å². The number of nitrogens with one attached hydrogen (secondary N) is 2. The predicted molar refractivity (Wildman–Crippen MR) is 166 cm³/mol. The van der Waals surface area contributed by atoms with E-state index in [1.165, 1.54) is 0 Å². The molecule has 1 fully saturated rings. The van der Waals surface area contributed by atoms with Crippen molar-refractivity contribution in [1.29, 1.82) is 0 Å². The molecule has 214 valence electrons. The van der Waals surface area contributed by atoms with Gasteiger partial charge in [-0.05, 0) is 23.3 Å². The van der Waals surface area contributed by atoms with Crippen LogP contribution < -0.4 is 15.0 Å². The number of rotatable bonds is 8. The van der Waals surface area contributed by atoms with Crippen LogP contribution in [-0.4, -0.2) is 71.9 Å². The molecule has 40 heavy (non-hydrogen) atoms. The first-order chi connectivity index (χ1) is 18.5. The van der Waals surface area contributed by atoms with Crippen LogP contribution in [0.4, 0.5) is 5.69 Å². The van der Waals surface area contributed by atoms with E-state index >= 15 is 0 Å². The number of H-pyrrole nitrogens is 1. The number of benzene rings is 2. The van der Waals surface area contributed by atoms with Crippen molar-refractivity contribution in [3.8, 4) is 17.0 Å². The number of halogens is 3. The summed E-state index contributed by atoms with van der Waals surface area (Å²) >= 11 is 6.12. The normalized spacial score (nSPS) is 14.0. The Morgan fingerprint density at radius 1 is 1.05 bits per heavy atom. The molecule has 0 unspecified atom stereocenters. The number of anilines is 1. The van der Waals surface area contributed by atoms with E-state index in [2.05, 4.69) is 51.4 Å². The molecule has 1 atom stereocenters. The summed E-state index contributed by atoms with van der Waals surface area (Å²) in [5.74, 6) is 0.369. The molecule has 0 radical (unpaired) electrons. The number of piperazine rings is 1. The minimum absolute atomic E-state index is 0. The quantitative estimate of drug-likeness (QED) is 0.274. The molecule has 0 bridgehead atoms. The highest BCUT2D eigenvalue weighted by Gasteiger charge is 2.31. The zero-order valence-corrected chi connectivity index (χ0v) is 25.2. The maximum Gasteiger partial charge on any atom is 0.244 e. The topological polar surface area (TPSA) is 86.4 Å². The maximum atomic E-state index is 13.8. The summed E-state index contributed by atoms with van der Waals surface area (Å²) in [5, 5.41) is 12.3. The third kappa shape index (κ3) is 6.63. The Labute approximate surface area is 252 Å². The van der Waals surface area contributed by atoms with Gasteiger partial charge in [-0.1, -0.05) is 67.9 Å². The summed E-state index contributed by atoms with van der Waals surface area (Å²) in [6.45, 7) is 7.35. The number of aromatic amines is 1. The van der Waals surface area contributed by atoms with E-state index in [1.54, 1.807) is 7.11 Å². The van der Waals surface area contributed by atoms with Crippen molar-refractivity contribution in [3.63, 3.8) is 0 Å². The van der Waals surface area contributed by atoms with Crippen molar-refractivity contribution in [2.45, 2.75) is 25.8 Å². The monoisotopic (exact) mass is 604 g/mol. The maximum absolute atomic E-state index is 13.8. The Bertz CT molecular complexity index is 1390. The van der Waals surface area contributed by atoms with Gasteiger partial charge in [-0.25, -0.2) is 4.98 Å². The summed E-state index contributed by atoms with van der Waals surface area (Å²) < 4.78 is 5.59. The van der Waals surface area contributed by atoms with Crippen molar-refractivity contribution in [1.82, 2.24) is 25.4 Å². The lowest BCUT2D eigenvalue weighted by Gasteiger charge is -2.38. The Balaban J connectivity index is 0.00000220. The van der Waals surface area contributed by atoms with E-state index in [9.17, 15) is 4.79 Å². The molecule has 1 aliphatic heterocycles. The molecule has 0 aliphatic carbocycles. The molecule has 11 heteroatoms. The van der Waals surface area contributed by atoms with Gasteiger partial charge in [0.25, 0.3) is 0 Å². The fraction of sp³-hybridized carbons (Fsp3) is 0.345. The Hall–Kier alpha value is -3.04. The second-order valence-electron chi connectivity index (χ2n) is 9.82. The molecule has 0 saturated carbocycles. The van der Waals surface area contributed by atoms with Crippen LogP contribution in [0.15, 0.2) is 60.8 Å². The van der Waals surface area contributed by atoms with E-state index in [4.69, 9.17) is 16.3 Å². The highest BCUT2D eigenvalue weighted by Crippen LogP contribution is 2.40. The first-order valence-electron chi connectivity index (χ1n) is 12.9. The summed E-state index contributed by atoms with van der Waals surface area (Å²) in [4.78, 5) is 22.7. The Morgan fingerprint density at radius 2 is 1.73 bits per heavy atom. The van der Waals surface area contributed by atoms with E-state index in [0.717, 1.165) is 27.8 Å². The van der Waals surface area contributed by atoms with Crippen LogP contribution in [0.5, 0.6) is 5.88 Å². The van der Waals surface area contributed by atoms with Crippen LogP contribution >= 0.6 is 36.4 Å². The van der Waals surface area contributed by atoms with Crippen LogP contribution in [0, 0.1) is 0 Å². The fourth-order valence-corrected chi connectivity index (χ4v) is 5.15. The van der Waals surface area contributed by atoms with E-state index in [1.807, 2.05) is 53.6 Å². The second kappa shape index (κ2) is 14.0. The number of carbonyl (C=O) groups is 1. The number of hydrogen-bond donors (Lipinski definition) is 2. The van der Waals surface area contributed by atoms with E-state index in [-0.39, 0.29) is 42.7 Å². The van der Waals surface area contributed by atoms with Crippen molar-refractivity contribution in [3.05, 3.63) is 71.4 Å². The number of aromatic nitrogens is 3. The van der Waals surface area contributed by atoms with Gasteiger partial charge in [-0.3, -0.25) is 9.89 Å². The third-order valence-electron chi connectivity index (χ3n) is 7.02. The smallest absolute Gasteiger partial charge is 0.244 e. The number of methoxy groups -OCH3 is 1. The van der Waals surface area contributed by atoms with Crippen molar-refractivity contribution < 1.29 is 9.53 Å². The molecule has 8 nitrogen and oxygen atoms in total. The number of carbonyl (C=O) groups excluding carboxylic acids is 1. The van der Waals surface area contributed by atoms with Crippen molar-refractivity contribution >= 4 is 59.0 Å². The molecule has 2 aromatic heterocycles. The molecule has 2 aromatic carbocycles. The number of amides is 1. The highest BCUT2D eigenvalue weighted by atomic mass is 35.5. The third-order valence-corrected chi connectivity index (χ3v) is 7.27. The molecule has 1 saturated heterocycles. The van der Waals surface area contributed by atoms with Gasteiger partial charge in [0.2, 0.25) is 11.8 Å². The van der Waals surface area contributed by atoms with Gasteiger partial charge >= 0.3 is 0 Å². The first kappa shape index (κ1) is 31.5. The van der Waals surface area contributed by atoms with E-state index in [0.29, 0.717) is 49.3 Å². The fourth-order valence-electron chi connectivity index (χ4n) is 5.02. The van der Waals surface area contributed by atoms with Crippen molar-refractivity contribution in [2.24, 2.45) is 0 Å². The van der Waals surface area contributed by atoms with Crippen molar-refractivity contribution in [2.75, 3.05) is 44.7 Å². The summed E-state index contributed by atoms with van der Waals surface area (Å²) in [5.41, 5.74) is 4.76. The lowest BCUT2D eigenvalue weighted by Crippen LogP contribution is -2.51. The lowest BCUT2D eigenvalue weighted by molar-refractivity contribution is -0.133. The minimum Gasteiger partial charge on any atom is -0.479 e. The van der Waals surface area contributed by atoms with Crippen LogP contribution in [0.2, 0.25) is 5.02 Å². The number of nitrogens with zero attached hydrogens (tertiary/aromatic N) is 4. The van der Waals surface area contributed by atoms with Crippen LogP contribution in [0.25, 0.3) is 22.2 Å². The first-order valence-corrected chi connectivity index (χ1v) is 13.3. The number of fused-ring (bicyclic) bond motifs is 1. The molecule has 1 amide bonds. The zero-order chi connectivity index (χ0) is 26.6. The number of ether oxygens (including phenoxy) is 1. The van der Waals surface area contributed by atoms with Gasteiger partial charge in [0.05, 0.1) is 18.7 Å². The second-order valence-corrected chi connectivity index (χ2v) is 10.3. The number of hydrogen-bond acceptors (Lipinski definition) is 6.